The van der Waals surface area contributed by atoms with Crippen LogP contribution in [0.4, 0.5) is 0 Å². The fourth-order valence-electron chi connectivity index (χ4n) is 2.85. The Morgan fingerprint density at radius 1 is 0.963 bits per heavy atom. The molecule has 0 saturated heterocycles. The highest BCUT2D eigenvalue weighted by atomic mass is 32.2. The molecule has 1 aromatic carbocycles. The number of sulfone groups is 1. The van der Waals surface area contributed by atoms with Gasteiger partial charge in [0.2, 0.25) is 10.0 Å². The first kappa shape index (κ1) is 22.0. The summed E-state index contributed by atoms with van der Waals surface area (Å²) in [6.45, 7) is 7.51. The SMILES string of the molecule is CCN(CC)C(CNS(=O)(=O)c1ccc(S(=O)(=O)CC)cc1)c1ccsc1. The first-order valence-corrected chi connectivity index (χ1v) is 12.9. The topological polar surface area (TPSA) is 83.6 Å². The maximum absolute atomic E-state index is 12.7. The fraction of sp³-hybridized carbons (Fsp3) is 0.444. The highest BCUT2D eigenvalue weighted by Crippen LogP contribution is 2.23. The highest BCUT2D eigenvalue weighted by molar-refractivity contribution is 7.91. The molecule has 0 amide bonds. The Morgan fingerprint density at radius 3 is 2.04 bits per heavy atom. The van der Waals surface area contributed by atoms with Gasteiger partial charge in [-0.1, -0.05) is 20.8 Å². The van der Waals surface area contributed by atoms with Gasteiger partial charge in [-0.15, -0.1) is 0 Å². The second-order valence-corrected chi connectivity index (χ2v) is 10.8. The monoisotopic (exact) mass is 430 g/mol. The van der Waals surface area contributed by atoms with Crippen molar-refractivity contribution in [1.29, 1.82) is 0 Å². The first-order valence-electron chi connectivity index (χ1n) is 8.83. The molecule has 9 heteroatoms. The van der Waals surface area contributed by atoms with Crippen molar-refractivity contribution in [3.05, 3.63) is 46.7 Å². The van der Waals surface area contributed by atoms with Crippen molar-refractivity contribution >= 4 is 31.2 Å². The Bertz CT molecular complexity index is 917. The van der Waals surface area contributed by atoms with Crippen LogP contribution in [-0.4, -0.2) is 47.1 Å². The third kappa shape index (κ3) is 5.39. The summed E-state index contributed by atoms with van der Waals surface area (Å²) in [5, 5.41) is 4.01. The molecule has 1 N–H and O–H groups in total. The van der Waals surface area contributed by atoms with Crippen LogP contribution >= 0.6 is 11.3 Å². The third-order valence-corrected chi connectivity index (χ3v) is 8.41. The normalized spacial score (nSPS) is 13.8. The Kier molecular flexibility index (Phi) is 7.58. The van der Waals surface area contributed by atoms with Crippen LogP contribution in [-0.2, 0) is 19.9 Å². The van der Waals surface area contributed by atoms with Crippen LogP contribution in [0.5, 0.6) is 0 Å². The molecule has 2 aromatic rings. The molecule has 1 aromatic heterocycles. The smallest absolute Gasteiger partial charge is 0.240 e. The van der Waals surface area contributed by atoms with Gasteiger partial charge in [0.25, 0.3) is 0 Å². The van der Waals surface area contributed by atoms with Gasteiger partial charge in [-0.3, -0.25) is 4.90 Å². The van der Waals surface area contributed by atoms with Gasteiger partial charge in [0.1, 0.15) is 0 Å². The van der Waals surface area contributed by atoms with Crippen LogP contribution in [0.3, 0.4) is 0 Å². The van der Waals surface area contributed by atoms with Gasteiger partial charge < -0.3 is 0 Å². The van der Waals surface area contributed by atoms with Crippen molar-refractivity contribution in [2.75, 3.05) is 25.4 Å². The molecule has 0 bridgehead atoms. The zero-order valence-corrected chi connectivity index (χ0v) is 18.2. The van der Waals surface area contributed by atoms with E-state index in [1.807, 2.05) is 30.7 Å². The van der Waals surface area contributed by atoms with Crippen molar-refractivity contribution in [2.24, 2.45) is 0 Å². The van der Waals surface area contributed by atoms with E-state index in [-0.39, 0.29) is 28.1 Å². The van der Waals surface area contributed by atoms with E-state index in [4.69, 9.17) is 0 Å². The van der Waals surface area contributed by atoms with Crippen LogP contribution < -0.4 is 4.72 Å². The second kappa shape index (κ2) is 9.29. The molecule has 2 rings (SSSR count). The summed E-state index contributed by atoms with van der Waals surface area (Å²) < 4.78 is 51.7. The maximum Gasteiger partial charge on any atom is 0.240 e. The van der Waals surface area contributed by atoms with E-state index < -0.39 is 19.9 Å². The third-order valence-electron chi connectivity index (χ3n) is 4.52. The molecule has 150 valence electrons. The van der Waals surface area contributed by atoms with Crippen LogP contribution in [0.15, 0.2) is 50.9 Å². The molecule has 0 aliphatic carbocycles. The summed E-state index contributed by atoms with van der Waals surface area (Å²) in [7, 11) is -7.09. The molecule has 0 aliphatic rings. The minimum absolute atomic E-state index is 0.0243. The summed E-state index contributed by atoms with van der Waals surface area (Å²) in [5.41, 5.74) is 1.08. The van der Waals surface area contributed by atoms with Crippen molar-refractivity contribution in [2.45, 2.75) is 36.6 Å². The molecule has 27 heavy (non-hydrogen) atoms. The number of hydrogen-bond donors (Lipinski definition) is 1. The summed E-state index contributed by atoms with van der Waals surface area (Å²) in [6, 6.07) is 7.30. The molecule has 1 unspecified atom stereocenters. The van der Waals surface area contributed by atoms with Crippen molar-refractivity contribution in [3.8, 4) is 0 Å². The quantitative estimate of drug-likeness (QED) is 0.627. The summed E-state index contributed by atoms with van der Waals surface area (Å²) in [5.74, 6) is -0.0243. The molecule has 0 saturated carbocycles. The van der Waals surface area contributed by atoms with E-state index in [9.17, 15) is 16.8 Å². The summed E-state index contributed by atoms with van der Waals surface area (Å²) in [6.07, 6.45) is 0. The lowest BCUT2D eigenvalue weighted by Crippen LogP contribution is -2.37. The molecular weight excluding hydrogens is 404 g/mol. The van der Waals surface area contributed by atoms with Crippen LogP contribution in [0.1, 0.15) is 32.4 Å². The van der Waals surface area contributed by atoms with Crippen LogP contribution in [0.25, 0.3) is 0 Å². The number of nitrogens with one attached hydrogen (secondary N) is 1. The fourth-order valence-corrected chi connectivity index (χ4v) is 5.48. The zero-order valence-electron chi connectivity index (χ0n) is 15.8. The number of benzene rings is 1. The average Bonchev–Trinajstić information content (AvgIpc) is 3.19. The maximum atomic E-state index is 12.7. The van der Waals surface area contributed by atoms with Crippen molar-refractivity contribution < 1.29 is 16.8 Å². The van der Waals surface area contributed by atoms with Gasteiger partial charge in [-0.05, 0) is 59.7 Å². The first-order chi connectivity index (χ1) is 12.7. The number of likely N-dealkylation sites (N-methyl/N-ethyl adjacent to an activating group) is 1. The Morgan fingerprint density at radius 2 is 1.56 bits per heavy atom. The predicted molar refractivity (Wildman–Crippen MR) is 109 cm³/mol. The van der Waals surface area contributed by atoms with E-state index in [1.165, 1.54) is 24.3 Å². The number of hydrogen-bond acceptors (Lipinski definition) is 6. The molecule has 1 atom stereocenters. The summed E-state index contributed by atoms with van der Waals surface area (Å²) in [4.78, 5) is 2.38. The van der Waals surface area contributed by atoms with Gasteiger partial charge in [0.05, 0.1) is 15.5 Å². The zero-order chi connectivity index (χ0) is 20.1. The number of nitrogens with zero attached hydrogens (tertiary/aromatic N) is 1. The van der Waals surface area contributed by atoms with Gasteiger partial charge in [-0.2, -0.15) is 11.3 Å². The van der Waals surface area contributed by atoms with E-state index >= 15 is 0 Å². The lowest BCUT2D eigenvalue weighted by Gasteiger charge is -2.29. The van der Waals surface area contributed by atoms with E-state index in [0.717, 1.165) is 18.7 Å². The van der Waals surface area contributed by atoms with Crippen LogP contribution in [0.2, 0.25) is 0 Å². The molecule has 0 aliphatic heterocycles. The Balaban J connectivity index is 2.19. The number of sulfonamides is 1. The average molecular weight is 431 g/mol. The highest BCUT2D eigenvalue weighted by Gasteiger charge is 2.22. The van der Waals surface area contributed by atoms with Crippen LogP contribution in [0, 0.1) is 0 Å². The number of rotatable bonds is 10. The lowest BCUT2D eigenvalue weighted by molar-refractivity contribution is 0.220. The molecule has 1 heterocycles. The predicted octanol–water partition coefficient (Wildman–Crippen LogP) is 2.90. The minimum Gasteiger partial charge on any atom is -0.296 e. The standard InChI is InChI=1S/C18H26N2O4S3/c1-4-20(5-2)18(15-11-12-25-14-15)13-19-27(23,24)17-9-7-16(8-10-17)26(21,22)6-3/h7-12,14,18-19H,4-6,13H2,1-3H3. The molecule has 6 nitrogen and oxygen atoms in total. The van der Waals surface area contributed by atoms with Gasteiger partial charge >= 0.3 is 0 Å². The largest absolute Gasteiger partial charge is 0.296 e. The summed E-state index contributed by atoms with van der Waals surface area (Å²) >= 11 is 1.58. The Hall–Kier alpha value is -1.26. The van der Waals surface area contributed by atoms with Crippen molar-refractivity contribution in [3.63, 3.8) is 0 Å². The van der Waals surface area contributed by atoms with E-state index in [2.05, 4.69) is 9.62 Å². The van der Waals surface area contributed by atoms with E-state index in [0.29, 0.717) is 0 Å². The number of thiophene rings is 1. The molecular formula is C18H26N2O4S3. The minimum atomic E-state index is -3.73. The molecule has 0 fully saturated rings. The van der Waals surface area contributed by atoms with Gasteiger partial charge in [0.15, 0.2) is 9.84 Å². The van der Waals surface area contributed by atoms with Gasteiger partial charge in [0, 0.05) is 12.6 Å². The van der Waals surface area contributed by atoms with Gasteiger partial charge in [-0.25, -0.2) is 21.6 Å². The van der Waals surface area contributed by atoms with Crippen molar-refractivity contribution in [1.82, 2.24) is 9.62 Å². The van der Waals surface area contributed by atoms with E-state index in [1.54, 1.807) is 18.3 Å². The molecule has 0 spiro atoms. The molecule has 0 radical (unpaired) electrons. The second-order valence-electron chi connectivity index (χ2n) is 6.02. The lowest BCUT2D eigenvalue weighted by atomic mass is 10.1. The Labute approximate surface area is 166 Å².